The second kappa shape index (κ2) is 45.8. The molecule has 0 radical (unpaired) electrons. The van der Waals surface area contributed by atoms with Crippen molar-refractivity contribution in [2.24, 2.45) is 0 Å². The second-order valence-corrected chi connectivity index (χ2v) is 14.6. The van der Waals surface area contributed by atoms with Gasteiger partial charge in [0.05, 0.1) is 0 Å². The Kier molecular flexibility index (Phi) is 42.7. The fourth-order valence-electron chi connectivity index (χ4n) is 5.66. The van der Waals surface area contributed by atoms with Gasteiger partial charge in [0, 0.05) is 19.3 Å². The van der Waals surface area contributed by atoms with Crippen molar-refractivity contribution < 1.29 is 28.6 Å². The van der Waals surface area contributed by atoms with Gasteiger partial charge >= 0.3 is 17.9 Å². The average Bonchev–Trinajstić information content (AvgIpc) is 3.22. The molecule has 0 aliphatic heterocycles. The smallest absolute Gasteiger partial charge is 0.306 e. The average molecular weight is 803 g/mol. The molecule has 6 heteroatoms. The molecule has 0 spiro atoms. The lowest BCUT2D eigenvalue weighted by Gasteiger charge is -2.18. The highest BCUT2D eigenvalue weighted by Gasteiger charge is 2.19. The molecule has 0 aromatic rings. The van der Waals surface area contributed by atoms with Crippen LogP contribution in [-0.2, 0) is 28.6 Å². The van der Waals surface area contributed by atoms with Crippen LogP contribution in [0.3, 0.4) is 0 Å². The molecule has 1 unspecified atom stereocenters. The van der Waals surface area contributed by atoms with Gasteiger partial charge in [-0.25, -0.2) is 0 Å². The minimum absolute atomic E-state index is 0.112. The van der Waals surface area contributed by atoms with Crippen molar-refractivity contribution in [2.75, 3.05) is 13.2 Å². The van der Waals surface area contributed by atoms with Crippen molar-refractivity contribution in [1.29, 1.82) is 0 Å². The van der Waals surface area contributed by atoms with Crippen molar-refractivity contribution in [3.8, 4) is 0 Å². The van der Waals surface area contributed by atoms with Gasteiger partial charge in [0.1, 0.15) is 13.2 Å². The molecular weight excluding hydrogens is 721 g/mol. The number of rotatable bonds is 39. The first-order valence-corrected chi connectivity index (χ1v) is 22.9. The maximum absolute atomic E-state index is 12.7. The number of ether oxygens (including phenoxy) is 3. The highest BCUT2D eigenvalue weighted by atomic mass is 16.6. The molecule has 0 aromatic carbocycles. The van der Waals surface area contributed by atoms with E-state index in [1.54, 1.807) is 0 Å². The summed E-state index contributed by atoms with van der Waals surface area (Å²) >= 11 is 0. The van der Waals surface area contributed by atoms with Gasteiger partial charge in [-0.05, 0) is 96.3 Å². The van der Waals surface area contributed by atoms with Gasteiger partial charge in [-0.15, -0.1) is 0 Å². The van der Waals surface area contributed by atoms with E-state index in [4.69, 9.17) is 14.2 Å². The predicted molar refractivity (Wildman–Crippen MR) is 247 cm³/mol. The molecule has 0 aromatic heterocycles. The number of esters is 3. The number of carbonyl (C=O) groups excluding carboxylic acids is 3. The molecule has 1 atom stereocenters. The third-order valence-electron chi connectivity index (χ3n) is 9.09. The number of unbranched alkanes of at least 4 members (excludes halogenated alkanes) is 13. The summed E-state index contributed by atoms with van der Waals surface area (Å²) in [6.07, 6.45) is 60.7. The minimum Gasteiger partial charge on any atom is -0.462 e. The fraction of sp³-hybridized carbons (Fsp3) is 0.596. The maximum atomic E-state index is 12.7. The first-order valence-electron chi connectivity index (χ1n) is 22.9. The van der Waals surface area contributed by atoms with Gasteiger partial charge in [-0.1, -0.05) is 175 Å². The molecular formula is C52H82O6. The van der Waals surface area contributed by atoms with Crippen LogP contribution in [-0.4, -0.2) is 37.2 Å². The van der Waals surface area contributed by atoms with Crippen LogP contribution in [0.4, 0.5) is 0 Å². The largest absolute Gasteiger partial charge is 0.462 e. The zero-order valence-corrected chi connectivity index (χ0v) is 37.0. The predicted octanol–water partition coefficient (Wildman–Crippen LogP) is 14.8. The first-order chi connectivity index (χ1) is 28.5. The summed E-state index contributed by atoms with van der Waals surface area (Å²) in [5.41, 5.74) is 0. The van der Waals surface area contributed by atoms with Crippen molar-refractivity contribution in [3.05, 3.63) is 109 Å². The van der Waals surface area contributed by atoms with Crippen LogP contribution in [0, 0.1) is 0 Å². The third-order valence-corrected chi connectivity index (χ3v) is 9.09. The number of hydrogen-bond acceptors (Lipinski definition) is 6. The molecule has 0 aliphatic rings. The molecule has 0 amide bonds. The Bertz CT molecular complexity index is 1240. The van der Waals surface area contributed by atoms with Crippen LogP contribution in [0.25, 0.3) is 0 Å². The van der Waals surface area contributed by atoms with Gasteiger partial charge < -0.3 is 14.2 Å². The normalized spacial score (nSPS) is 13.1. The van der Waals surface area contributed by atoms with Crippen molar-refractivity contribution in [1.82, 2.24) is 0 Å². The second-order valence-electron chi connectivity index (χ2n) is 14.6. The number of allylic oxidation sites excluding steroid dienone is 18. The van der Waals surface area contributed by atoms with Crippen LogP contribution < -0.4 is 0 Å². The minimum atomic E-state index is -0.815. The van der Waals surface area contributed by atoms with E-state index in [0.29, 0.717) is 19.3 Å². The van der Waals surface area contributed by atoms with E-state index in [9.17, 15) is 14.4 Å². The Morgan fingerprint density at radius 3 is 1.29 bits per heavy atom. The standard InChI is InChI=1S/C52H82O6/c1-4-7-10-13-16-19-22-24-25-26-28-30-33-36-39-42-45-51(54)57-48-49(47-56-50(53)44-41-38-35-32-29-21-18-15-12-9-6-3)58-52(55)46-43-40-37-34-31-27-23-20-17-14-11-8-5-2/h7-8,10-11,14-20,23-25,27-28,30-31,49H,4-6,9,12-13,21-22,26,29,32-48H2,1-3H3/b10-7-,11-8-,17-14-,18-15-,19-16-,23-20-,25-24-,30-28-,31-27-. The van der Waals surface area contributed by atoms with Gasteiger partial charge in [-0.2, -0.15) is 0 Å². The number of carbonyl (C=O) groups is 3. The van der Waals surface area contributed by atoms with E-state index in [1.165, 1.54) is 25.7 Å². The van der Waals surface area contributed by atoms with Crippen molar-refractivity contribution in [3.63, 3.8) is 0 Å². The fourth-order valence-corrected chi connectivity index (χ4v) is 5.66. The van der Waals surface area contributed by atoms with Gasteiger partial charge in [0.25, 0.3) is 0 Å². The Morgan fingerprint density at radius 1 is 0.379 bits per heavy atom. The molecule has 0 rings (SSSR count). The van der Waals surface area contributed by atoms with Crippen LogP contribution in [0.1, 0.15) is 181 Å². The Labute approximate surface area is 355 Å². The van der Waals surface area contributed by atoms with Gasteiger partial charge in [0.15, 0.2) is 6.10 Å². The Hall–Kier alpha value is -3.93. The van der Waals surface area contributed by atoms with E-state index in [2.05, 4.69) is 93.7 Å². The van der Waals surface area contributed by atoms with E-state index in [0.717, 1.165) is 109 Å². The van der Waals surface area contributed by atoms with Crippen LogP contribution in [0.15, 0.2) is 109 Å². The van der Waals surface area contributed by atoms with Crippen LogP contribution in [0.2, 0.25) is 0 Å². The van der Waals surface area contributed by atoms with Gasteiger partial charge in [-0.3, -0.25) is 14.4 Å². The summed E-state index contributed by atoms with van der Waals surface area (Å²) in [5.74, 6) is -1.01. The summed E-state index contributed by atoms with van der Waals surface area (Å²) in [6, 6.07) is 0. The summed E-state index contributed by atoms with van der Waals surface area (Å²) in [6.45, 7) is 6.24. The third kappa shape index (κ3) is 43.2. The van der Waals surface area contributed by atoms with E-state index >= 15 is 0 Å². The molecule has 0 bridgehead atoms. The van der Waals surface area contributed by atoms with Crippen molar-refractivity contribution in [2.45, 2.75) is 187 Å². The molecule has 0 fully saturated rings. The monoisotopic (exact) mass is 803 g/mol. The summed E-state index contributed by atoms with van der Waals surface area (Å²) in [4.78, 5) is 37.8. The summed E-state index contributed by atoms with van der Waals surface area (Å²) < 4.78 is 16.6. The SMILES string of the molecule is CC\C=C/C=C\C=C/C=C\CCCCCC(=O)OC(COC(=O)CCCCC/C=C\C/C=C\C/C=C\C/C=C\CC)COC(=O)CCCCCCC/C=C\CCCC. The molecule has 0 aliphatic carbocycles. The lowest BCUT2D eigenvalue weighted by molar-refractivity contribution is -0.167. The topological polar surface area (TPSA) is 78.9 Å². The van der Waals surface area contributed by atoms with E-state index in [1.807, 2.05) is 36.5 Å². The molecule has 326 valence electrons. The van der Waals surface area contributed by atoms with Crippen molar-refractivity contribution >= 4 is 17.9 Å². The van der Waals surface area contributed by atoms with E-state index in [-0.39, 0.29) is 37.5 Å². The van der Waals surface area contributed by atoms with Crippen LogP contribution in [0.5, 0.6) is 0 Å². The van der Waals surface area contributed by atoms with Crippen LogP contribution >= 0.6 is 0 Å². The zero-order chi connectivity index (χ0) is 42.3. The van der Waals surface area contributed by atoms with Gasteiger partial charge in [0.2, 0.25) is 0 Å². The molecule has 6 nitrogen and oxygen atoms in total. The molecule has 58 heavy (non-hydrogen) atoms. The highest BCUT2D eigenvalue weighted by Crippen LogP contribution is 2.12. The molecule has 0 N–H and O–H groups in total. The highest BCUT2D eigenvalue weighted by molar-refractivity contribution is 5.71. The Morgan fingerprint density at radius 2 is 0.759 bits per heavy atom. The lowest BCUT2D eigenvalue weighted by atomic mass is 10.1. The molecule has 0 heterocycles. The summed E-state index contributed by atoms with van der Waals surface area (Å²) in [5, 5.41) is 0. The van der Waals surface area contributed by atoms with E-state index < -0.39 is 6.10 Å². The molecule has 0 saturated carbocycles. The first kappa shape index (κ1) is 54.1. The number of hydrogen-bond donors (Lipinski definition) is 0. The quantitative estimate of drug-likeness (QED) is 0.0202. The Balaban J connectivity index is 4.53. The maximum Gasteiger partial charge on any atom is 0.306 e. The summed E-state index contributed by atoms with van der Waals surface area (Å²) in [7, 11) is 0. The lowest BCUT2D eigenvalue weighted by Crippen LogP contribution is -2.30. The molecule has 0 saturated heterocycles. The zero-order valence-electron chi connectivity index (χ0n) is 37.0.